The molecule has 0 heterocycles. The Balaban J connectivity index is 3.09. The van der Waals surface area contributed by atoms with Gasteiger partial charge in [0.15, 0.2) is 5.78 Å². The normalized spacial score (nSPS) is 13.4. The molecule has 0 fully saturated rings. The van der Waals surface area contributed by atoms with Gasteiger partial charge in [-0.05, 0) is 24.6 Å². The molecular weight excluding hydrogens is 325 g/mol. The Labute approximate surface area is 118 Å². The highest BCUT2D eigenvalue weighted by Crippen LogP contribution is 2.35. The van der Waals surface area contributed by atoms with E-state index in [2.05, 4.69) is 15.9 Å². The molecule has 0 N–H and O–H groups in total. The smallest absolute Gasteiger partial charge is 0.385 e. The molecule has 1 atom stereocenters. The van der Waals surface area contributed by atoms with Crippen LogP contribution in [0, 0.1) is 5.92 Å². The summed E-state index contributed by atoms with van der Waals surface area (Å²) in [6, 6.07) is 3.57. The van der Waals surface area contributed by atoms with Crippen LogP contribution in [0.3, 0.4) is 0 Å². The number of ether oxygens (including phenoxy) is 1. The van der Waals surface area contributed by atoms with E-state index in [0.29, 0.717) is 17.5 Å². The Kier molecular flexibility index (Phi) is 5.55. The molecule has 0 saturated heterocycles. The maximum Gasteiger partial charge on any atom is 0.417 e. The third-order valence-electron chi connectivity index (χ3n) is 2.76. The van der Waals surface area contributed by atoms with E-state index < -0.39 is 23.4 Å². The number of ketones is 1. The van der Waals surface area contributed by atoms with Gasteiger partial charge in [-0.3, -0.25) is 4.79 Å². The predicted octanol–water partition coefficient (Wildman–Crippen LogP) is 4.32. The summed E-state index contributed by atoms with van der Waals surface area (Å²) in [5, 5.41) is 0. The molecule has 1 aromatic rings. The topological polar surface area (TPSA) is 26.3 Å². The van der Waals surface area contributed by atoms with E-state index >= 15 is 0 Å². The Morgan fingerprint density at radius 1 is 1.42 bits per heavy atom. The molecule has 19 heavy (non-hydrogen) atoms. The molecule has 1 aromatic carbocycles. The number of Topliss-reactive ketones (excluding diaryl/α,β-unsaturated/α-hetero) is 1. The first-order valence-electron chi connectivity index (χ1n) is 5.67. The van der Waals surface area contributed by atoms with E-state index in [4.69, 9.17) is 4.74 Å². The van der Waals surface area contributed by atoms with Crippen LogP contribution in [0.5, 0.6) is 0 Å². The number of carbonyl (C=O) groups excluding carboxylic acids is 1. The molecule has 0 saturated carbocycles. The zero-order valence-electron chi connectivity index (χ0n) is 10.6. The number of halogens is 4. The molecule has 0 aromatic heterocycles. The van der Waals surface area contributed by atoms with Crippen molar-refractivity contribution in [3.8, 4) is 0 Å². The maximum absolute atomic E-state index is 12.9. The number of rotatable bonds is 5. The highest BCUT2D eigenvalue weighted by Gasteiger charge is 2.36. The summed E-state index contributed by atoms with van der Waals surface area (Å²) in [5.41, 5.74) is -1.20. The highest BCUT2D eigenvalue weighted by molar-refractivity contribution is 9.10. The average molecular weight is 339 g/mol. The van der Waals surface area contributed by atoms with Crippen LogP contribution in [0.25, 0.3) is 0 Å². The summed E-state index contributed by atoms with van der Waals surface area (Å²) in [6.07, 6.45) is -4.15. The lowest BCUT2D eigenvalue weighted by molar-refractivity contribution is -0.138. The zero-order chi connectivity index (χ0) is 14.6. The standard InChI is InChI=1S/C13H14BrF3O2/c1-8(5-6-19-2)12(18)10-4-3-9(14)7-11(10)13(15,16)17/h3-4,7-8H,5-6H2,1-2H3. The molecule has 0 radical (unpaired) electrons. The fourth-order valence-electron chi connectivity index (χ4n) is 1.66. The molecule has 0 aliphatic carbocycles. The van der Waals surface area contributed by atoms with Gasteiger partial charge in [-0.1, -0.05) is 22.9 Å². The van der Waals surface area contributed by atoms with Crippen molar-refractivity contribution in [3.05, 3.63) is 33.8 Å². The molecule has 0 aliphatic heterocycles. The van der Waals surface area contributed by atoms with Gasteiger partial charge in [0.05, 0.1) is 5.56 Å². The van der Waals surface area contributed by atoms with Crippen LogP contribution in [0.4, 0.5) is 13.2 Å². The van der Waals surface area contributed by atoms with E-state index in [1.54, 1.807) is 6.92 Å². The van der Waals surface area contributed by atoms with Crippen molar-refractivity contribution in [2.24, 2.45) is 5.92 Å². The molecule has 0 bridgehead atoms. The van der Waals surface area contributed by atoms with Gasteiger partial charge in [-0.2, -0.15) is 13.2 Å². The summed E-state index contributed by atoms with van der Waals surface area (Å²) >= 11 is 2.99. The minimum Gasteiger partial charge on any atom is -0.385 e. The van der Waals surface area contributed by atoms with Crippen LogP contribution in [0.2, 0.25) is 0 Å². The third kappa shape index (κ3) is 4.31. The van der Waals surface area contributed by atoms with Crippen LogP contribution in [-0.2, 0) is 10.9 Å². The summed E-state index contributed by atoms with van der Waals surface area (Å²) in [5.74, 6) is -1.03. The number of hydrogen-bond donors (Lipinski definition) is 0. The second-order valence-corrected chi connectivity index (χ2v) is 5.15. The van der Waals surface area contributed by atoms with E-state index in [-0.39, 0.29) is 5.56 Å². The van der Waals surface area contributed by atoms with Gasteiger partial charge >= 0.3 is 6.18 Å². The first kappa shape index (κ1) is 16.2. The van der Waals surface area contributed by atoms with Gasteiger partial charge in [0.1, 0.15) is 0 Å². The van der Waals surface area contributed by atoms with Crippen molar-refractivity contribution >= 4 is 21.7 Å². The van der Waals surface area contributed by atoms with Crippen molar-refractivity contribution in [1.82, 2.24) is 0 Å². The summed E-state index contributed by atoms with van der Waals surface area (Å²) in [6.45, 7) is 1.94. The third-order valence-corrected chi connectivity index (χ3v) is 3.25. The lowest BCUT2D eigenvalue weighted by atomic mass is 9.93. The Hall–Kier alpha value is -0.880. The van der Waals surface area contributed by atoms with Crippen molar-refractivity contribution in [3.63, 3.8) is 0 Å². The predicted molar refractivity (Wildman–Crippen MR) is 69.1 cm³/mol. The fraction of sp³-hybridized carbons (Fsp3) is 0.462. The highest BCUT2D eigenvalue weighted by atomic mass is 79.9. The molecular formula is C13H14BrF3O2. The molecule has 0 amide bonds. The molecule has 106 valence electrons. The van der Waals surface area contributed by atoms with E-state index in [9.17, 15) is 18.0 Å². The van der Waals surface area contributed by atoms with Crippen molar-refractivity contribution in [2.75, 3.05) is 13.7 Å². The number of carbonyl (C=O) groups is 1. The average Bonchev–Trinajstić information content (AvgIpc) is 2.34. The molecule has 2 nitrogen and oxygen atoms in total. The first-order chi connectivity index (χ1) is 8.77. The molecule has 1 rings (SSSR count). The van der Waals surface area contributed by atoms with Gasteiger partial charge in [-0.25, -0.2) is 0 Å². The van der Waals surface area contributed by atoms with Gasteiger partial charge < -0.3 is 4.74 Å². The second kappa shape index (κ2) is 6.52. The van der Waals surface area contributed by atoms with Gasteiger partial charge in [0.2, 0.25) is 0 Å². The van der Waals surface area contributed by atoms with Gasteiger partial charge in [0.25, 0.3) is 0 Å². The SMILES string of the molecule is COCCC(C)C(=O)c1ccc(Br)cc1C(F)(F)F. The van der Waals surface area contributed by atoms with Crippen LogP contribution >= 0.6 is 15.9 Å². The lowest BCUT2D eigenvalue weighted by Crippen LogP contribution is -2.19. The molecule has 0 aliphatic rings. The van der Waals surface area contributed by atoms with Crippen molar-refractivity contribution in [2.45, 2.75) is 19.5 Å². The summed E-state index contributed by atoms with van der Waals surface area (Å²) in [4.78, 5) is 12.1. The number of hydrogen-bond acceptors (Lipinski definition) is 2. The van der Waals surface area contributed by atoms with Crippen LogP contribution in [0.1, 0.15) is 29.3 Å². The van der Waals surface area contributed by atoms with E-state index in [1.165, 1.54) is 19.2 Å². The zero-order valence-corrected chi connectivity index (χ0v) is 12.1. The van der Waals surface area contributed by atoms with E-state index in [1.807, 2.05) is 0 Å². The largest absolute Gasteiger partial charge is 0.417 e. The first-order valence-corrected chi connectivity index (χ1v) is 6.46. The van der Waals surface area contributed by atoms with Crippen LogP contribution in [0.15, 0.2) is 22.7 Å². The fourth-order valence-corrected chi connectivity index (χ4v) is 2.02. The van der Waals surface area contributed by atoms with Gasteiger partial charge in [-0.15, -0.1) is 0 Å². The molecule has 6 heteroatoms. The molecule has 0 spiro atoms. The minimum atomic E-state index is -4.55. The van der Waals surface area contributed by atoms with Crippen molar-refractivity contribution < 1.29 is 22.7 Å². The number of alkyl halides is 3. The Morgan fingerprint density at radius 2 is 2.05 bits per heavy atom. The molecule has 1 unspecified atom stereocenters. The maximum atomic E-state index is 12.9. The van der Waals surface area contributed by atoms with Crippen LogP contribution in [-0.4, -0.2) is 19.5 Å². The van der Waals surface area contributed by atoms with Gasteiger partial charge in [0, 0.05) is 29.7 Å². The minimum absolute atomic E-state index is 0.292. The Morgan fingerprint density at radius 3 is 2.58 bits per heavy atom. The number of methoxy groups -OCH3 is 1. The second-order valence-electron chi connectivity index (χ2n) is 4.23. The Bertz CT molecular complexity index is 458. The van der Waals surface area contributed by atoms with E-state index in [0.717, 1.165) is 6.07 Å². The summed E-state index contributed by atoms with van der Waals surface area (Å²) in [7, 11) is 1.48. The monoisotopic (exact) mass is 338 g/mol. The quantitative estimate of drug-likeness (QED) is 0.747. The van der Waals surface area contributed by atoms with Crippen molar-refractivity contribution in [1.29, 1.82) is 0 Å². The summed E-state index contributed by atoms with van der Waals surface area (Å²) < 4.78 is 43.8. The van der Waals surface area contributed by atoms with Crippen LogP contribution < -0.4 is 0 Å². The number of benzene rings is 1. The lowest BCUT2D eigenvalue weighted by Gasteiger charge is -2.15.